The van der Waals surface area contributed by atoms with E-state index in [-0.39, 0.29) is 0 Å². The van der Waals surface area contributed by atoms with Crippen molar-refractivity contribution in [3.05, 3.63) is 36.4 Å². The molecule has 2 nitrogen and oxygen atoms in total. The highest BCUT2D eigenvalue weighted by Crippen LogP contribution is 2.01. The number of hydrogen-bond donors (Lipinski definition) is 0. The van der Waals surface area contributed by atoms with Crippen molar-refractivity contribution in [2.45, 2.75) is 13.8 Å². The second-order valence-corrected chi connectivity index (χ2v) is 7.27. The predicted molar refractivity (Wildman–Crippen MR) is 83.0 cm³/mol. The third kappa shape index (κ3) is 4.41. The lowest BCUT2D eigenvalue weighted by Gasteiger charge is -2.24. The Bertz CT molecular complexity index is 346. The Morgan fingerprint density at radius 2 is 1.83 bits per heavy atom. The molecule has 0 radical (unpaired) electrons. The molecule has 1 aromatic rings. The highest BCUT2D eigenvalue weighted by Gasteiger charge is 2.16. The molecule has 0 saturated carbocycles. The summed E-state index contributed by atoms with van der Waals surface area (Å²) in [5.41, 5.74) is 1.19. The van der Waals surface area contributed by atoms with E-state index in [0.717, 1.165) is 19.3 Å². The van der Waals surface area contributed by atoms with E-state index in [2.05, 4.69) is 49.6 Å². The van der Waals surface area contributed by atoms with Crippen LogP contribution in [0.25, 0.3) is 6.08 Å². The first-order chi connectivity index (χ1) is 8.74. The summed E-state index contributed by atoms with van der Waals surface area (Å²) in [6, 6.07) is 8.80. The number of methoxy groups -OCH3 is 1. The summed E-state index contributed by atoms with van der Waals surface area (Å²) >= 11 is 0. The highest BCUT2D eigenvalue weighted by molar-refractivity contribution is 6.73. The van der Waals surface area contributed by atoms with E-state index in [1.54, 1.807) is 7.11 Å². The molecule has 0 aliphatic heterocycles. The first-order valence-electron chi connectivity index (χ1n) is 6.68. The molecular weight excluding hydrogens is 238 g/mol. The van der Waals surface area contributed by atoms with E-state index in [0.29, 0.717) is 0 Å². The van der Waals surface area contributed by atoms with Gasteiger partial charge in [-0.3, -0.25) is 0 Å². The van der Waals surface area contributed by atoms with Crippen molar-refractivity contribution >= 4 is 20.1 Å². The van der Waals surface area contributed by atoms with E-state index in [9.17, 15) is 0 Å². The van der Waals surface area contributed by atoms with Crippen LogP contribution < -0.4 is 5.19 Å². The van der Waals surface area contributed by atoms with Crippen molar-refractivity contribution in [2.24, 2.45) is 0 Å². The Morgan fingerprint density at radius 1 is 1.22 bits per heavy atom. The van der Waals surface area contributed by atoms with Crippen LogP contribution in [0, 0.1) is 0 Å². The largest absolute Gasteiger partial charge is 0.388 e. The molecule has 100 valence electrons. The summed E-state index contributed by atoms with van der Waals surface area (Å²) in [7, 11) is 0.758. The van der Waals surface area contributed by atoms with Gasteiger partial charge in [0.05, 0.1) is 0 Å². The minimum atomic E-state index is -1.05. The first-order valence-corrected chi connectivity index (χ1v) is 8.89. The zero-order valence-corrected chi connectivity index (χ0v) is 13.0. The molecule has 0 saturated heterocycles. The van der Waals surface area contributed by atoms with Crippen LogP contribution in [0.5, 0.6) is 0 Å². The minimum absolute atomic E-state index is 0.907. The highest BCUT2D eigenvalue weighted by atomic mass is 28.3. The molecule has 0 heterocycles. The molecule has 0 amide bonds. The van der Waals surface area contributed by atoms with Crippen LogP contribution in [0.3, 0.4) is 0 Å². The van der Waals surface area contributed by atoms with Crippen molar-refractivity contribution < 1.29 is 4.74 Å². The van der Waals surface area contributed by atoms with Crippen LogP contribution in [0.2, 0.25) is 0 Å². The van der Waals surface area contributed by atoms with Gasteiger partial charge in [0.2, 0.25) is 0 Å². The van der Waals surface area contributed by atoms with Gasteiger partial charge in [-0.25, -0.2) is 0 Å². The molecule has 0 aliphatic carbocycles. The second kappa shape index (κ2) is 8.24. The van der Waals surface area contributed by atoms with E-state index in [1.165, 1.54) is 16.9 Å². The fourth-order valence-electron chi connectivity index (χ4n) is 2.15. The summed E-state index contributed by atoms with van der Waals surface area (Å²) < 4.78 is 5.42. The topological polar surface area (TPSA) is 12.5 Å². The summed E-state index contributed by atoms with van der Waals surface area (Å²) in [6.07, 6.45) is 3.99. The average Bonchev–Trinajstić information content (AvgIpc) is 2.43. The minimum Gasteiger partial charge on any atom is -0.388 e. The zero-order chi connectivity index (χ0) is 13.4. The molecular formula is C15H25NOSi. The summed E-state index contributed by atoms with van der Waals surface area (Å²) in [4.78, 5) is 2.50. The summed E-state index contributed by atoms with van der Waals surface area (Å²) in [5, 5.41) is 1.48. The summed E-state index contributed by atoms with van der Waals surface area (Å²) in [5.74, 6) is 0. The van der Waals surface area contributed by atoms with Gasteiger partial charge in [-0.05, 0) is 24.8 Å². The maximum Gasteiger partial charge on any atom is 0.114 e. The Balaban J connectivity index is 2.78. The van der Waals surface area contributed by atoms with Gasteiger partial charge >= 0.3 is 0 Å². The Morgan fingerprint density at radius 3 is 2.28 bits per heavy atom. The van der Waals surface area contributed by atoms with Crippen molar-refractivity contribution in [3.8, 4) is 0 Å². The fraction of sp³-hybridized carbons (Fsp3) is 0.467. The average molecular weight is 263 g/mol. The smallest absolute Gasteiger partial charge is 0.114 e. The number of hydrogen-bond acceptors (Lipinski definition) is 2. The summed E-state index contributed by atoms with van der Waals surface area (Å²) in [6.45, 7) is 10.5. The van der Waals surface area contributed by atoms with Crippen LogP contribution in [-0.2, 0) is 4.74 Å². The van der Waals surface area contributed by atoms with Crippen LogP contribution in [-0.4, -0.2) is 46.3 Å². The van der Waals surface area contributed by atoms with Gasteiger partial charge in [0.25, 0.3) is 0 Å². The molecule has 1 unspecified atom stereocenters. The Kier molecular flexibility index (Phi) is 6.94. The molecule has 0 spiro atoms. The van der Waals surface area contributed by atoms with Crippen molar-refractivity contribution in [1.29, 1.82) is 0 Å². The van der Waals surface area contributed by atoms with Crippen molar-refractivity contribution in [2.75, 3.05) is 32.6 Å². The molecule has 1 aromatic carbocycles. The molecule has 0 fully saturated rings. The van der Waals surface area contributed by atoms with Crippen LogP contribution in [0.15, 0.2) is 30.8 Å². The van der Waals surface area contributed by atoms with Gasteiger partial charge in [0, 0.05) is 13.3 Å². The van der Waals surface area contributed by atoms with Crippen LogP contribution in [0.1, 0.15) is 19.4 Å². The van der Waals surface area contributed by atoms with Gasteiger partial charge < -0.3 is 9.64 Å². The Hall–Kier alpha value is -0.903. The fourth-order valence-corrected chi connectivity index (χ4v) is 4.94. The lowest BCUT2D eigenvalue weighted by atomic mass is 10.2. The van der Waals surface area contributed by atoms with E-state index in [4.69, 9.17) is 4.74 Å². The first kappa shape index (κ1) is 15.2. The number of nitrogens with zero attached hydrogens (tertiary/aromatic N) is 1. The normalized spacial score (nSPS) is 12.7. The van der Waals surface area contributed by atoms with Crippen LogP contribution >= 0.6 is 0 Å². The quantitative estimate of drug-likeness (QED) is 0.664. The molecule has 3 heteroatoms. The maximum atomic E-state index is 5.42. The lowest BCUT2D eigenvalue weighted by molar-refractivity contribution is 0.245. The van der Waals surface area contributed by atoms with Gasteiger partial charge in [0.1, 0.15) is 8.80 Å². The van der Waals surface area contributed by atoms with Gasteiger partial charge in [0.15, 0.2) is 0 Å². The molecule has 1 rings (SSSR count). The SMILES string of the molecule is C=Cc1ccc([SiH](COC)CN(CC)CC)cc1. The lowest BCUT2D eigenvalue weighted by Crippen LogP contribution is -2.46. The standard InChI is InChI=1S/C15H25NOSi/c1-5-14-8-10-15(11-9-14)18(13-17-4)12-16(6-2)7-3/h5,8-11,18H,1,6-7,12-13H2,2-4H3. The van der Waals surface area contributed by atoms with Crippen molar-refractivity contribution in [3.63, 3.8) is 0 Å². The van der Waals surface area contributed by atoms with Crippen molar-refractivity contribution in [1.82, 2.24) is 4.90 Å². The number of benzene rings is 1. The molecule has 0 N–H and O–H groups in total. The monoisotopic (exact) mass is 263 g/mol. The molecule has 1 atom stereocenters. The zero-order valence-electron chi connectivity index (χ0n) is 11.9. The van der Waals surface area contributed by atoms with Crippen LogP contribution in [0.4, 0.5) is 0 Å². The van der Waals surface area contributed by atoms with E-state index in [1.807, 2.05) is 6.08 Å². The Labute approximate surface area is 113 Å². The third-order valence-corrected chi connectivity index (χ3v) is 6.41. The maximum absolute atomic E-state index is 5.42. The third-order valence-electron chi connectivity index (χ3n) is 3.38. The number of ether oxygens (including phenoxy) is 1. The number of rotatable bonds is 8. The van der Waals surface area contributed by atoms with Gasteiger partial charge in [-0.2, -0.15) is 0 Å². The van der Waals surface area contributed by atoms with Gasteiger partial charge in [-0.1, -0.05) is 56.0 Å². The molecule has 0 aliphatic rings. The van der Waals surface area contributed by atoms with E-state index >= 15 is 0 Å². The predicted octanol–water partition coefficient (Wildman–Crippen LogP) is 1.83. The molecule has 18 heavy (non-hydrogen) atoms. The van der Waals surface area contributed by atoms with E-state index < -0.39 is 8.80 Å². The molecule has 0 bridgehead atoms. The second-order valence-electron chi connectivity index (χ2n) is 4.51. The molecule has 0 aromatic heterocycles. The van der Waals surface area contributed by atoms with Gasteiger partial charge in [-0.15, -0.1) is 0 Å².